The van der Waals surface area contributed by atoms with E-state index in [0.29, 0.717) is 24.6 Å². The van der Waals surface area contributed by atoms with Crippen molar-refractivity contribution in [3.8, 4) is 0 Å². The van der Waals surface area contributed by atoms with Crippen molar-refractivity contribution < 1.29 is 9.59 Å². The molecule has 2 saturated heterocycles. The highest BCUT2D eigenvalue weighted by molar-refractivity contribution is 5.98. The molecule has 0 spiro atoms. The minimum atomic E-state index is 0.0450. The van der Waals surface area contributed by atoms with Crippen molar-refractivity contribution in [2.24, 2.45) is 0 Å². The molecule has 138 valence electrons. The Morgan fingerprint density at radius 1 is 1.19 bits per heavy atom. The van der Waals surface area contributed by atoms with Gasteiger partial charge in [0.1, 0.15) is 5.69 Å². The number of H-pyrrole nitrogens is 1. The first kappa shape index (κ1) is 17.1. The molecule has 1 aromatic carbocycles. The molecule has 3 heterocycles. The lowest BCUT2D eigenvalue weighted by Gasteiger charge is -2.37. The van der Waals surface area contributed by atoms with Crippen LogP contribution in [-0.4, -0.2) is 52.3 Å². The Bertz CT molecular complexity index is 839. The van der Waals surface area contributed by atoms with Crippen LogP contribution in [0.15, 0.2) is 24.3 Å². The largest absolute Gasteiger partial charge is 0.351 e. The number of benzene rings is 1. The molecule has 2 aliphatic heterocycles. The van der Waals surface area contributed by atoms with Crippen molar-refractivity contribution >= 4 is 22.7 Å². The number of carbonyl (C=O) groups is 2. The molecule has 0 aliphatic carbocycles. The normalized spacial score (nSPS) is 21.2. The number of carbonyl (C=O) groups excluding carboxylic acids is 2. The fraction of sp³-hybridized carbons (Fsp3) is 0.524. The molecule has 4 rings (SSSR count). The van der Waals surface area contributed by atoms with E-state index in [0.717, 1.165) is 43.3 Å². The van der Waals surface area contributed by atoms with Crippen molar-refractivity contribution in [3.05, 3.63) is 35.5 Å². The zero-order valence-electron chi connectivity index (χ0n) is 15.6. The number of amides is 2. The Morgan fingerprint density at radius 2 is 2.04 bits per heavy atom. The summed E-state index contributed by atoms with van der Waals surface area (Å²) in [7, 11) is 0. The van der Waals surface area contributed by atoms with Gasteiger partial charge in [0.25, 0.3) is 5.91 Å². The second kappa shape index (κ2) is 6.78. The van der Waals surface area contributed by atoms with Gasteiger partial charge in [-0.1, -0.05) is 26.0 Å². The van der Waals surface area contributed by atoms with Crippen LogP contribution in [0.1, 0.15) is 61.5 Å². The smallest absolute Gasteiger partial charge is 0.270 e. The molecular formula is C21H27N3O2. The number of aromatic nitrogens is 1. The summed E-state index contributed by atoms with van der Waals surface area (Å²) in [5.41, 5.74) is 2.93. The number of nitrogens with zero attached hydrogens (tertiary/aromatic N) is 2. The maximum atomic E-state index is 13.0. The molecule has 1 N–H and O–H groups in total. The van der Waals surface area contributed by atoms with Crippen LogP contribution in [0.3, 0.4) is 0 Å². The lowest BCUT2D eigenvalue weighted by molar-refractivity contribution is -0.130. The summed E-state index contributed by atoms with van der Waals surface area (Å²) in [5.74, 6) is 0.752. The van der Waals surface area contributed by atoms with Gasteiger partial charge in [-0.25, -0.2) is 0 Å². The summed E-state index contributed by atoms with van der Waals surface area (Å²) < 4.78 is 0. The maximum Gasteiger partial charge on any atom is 0.270 e. The van der Waals surface area contributed by atoms with Crippen molar-refractivity contribution in [3.63, 3.8) is 0 Å². The summed E-state index contributed by atoms with van der Waals surface area (Å²) in [5, 5.41) is 1.07. The summed E-state index contributed by atoms with van der Waals surface area (Å²) in [4.78, 5) is 32.3. The van der Waals surface area contributed by atoms with Gasteiger partial charge in [0.15, 0.2) is 0 Å². The number of hydrogen-bond acceptors (Lipinski definition) is 2. The van der Waals surface area contributed by atoms with Gasteiger partial charge in [0.05, 0.1) is 0 Å². The van der Waals surface area contributed by atoms with E-state index >= 15 is 0 Å². The van der Waals surface area contributed by atoms with E-state index in [9.17, 15) is 9.59 Å². The van der Waals surface area contributed by atoms with E-state index in [1.807, 2.05) is 15.9 Å². The molecule has 26 heavy (non-hydrogen) atoms. The van der Waals surface area contributed by atoms with Crippen LogP contribution in [0.2, 0.25) is 0 Å². The van der Waals surface area contributed by atoms with Crippen LogP contribution >= 0.6 is 0 Å². The Morgan fingerprint density at radius 3 is 2.77 bits per heavy atom. The lowest BCUT2D eigenvalue weighted by atomic mass is 10.0. The number of nitrogens with one attached hydrogen (secondary N) is 1. The fourth-order valence-electron chi connectivity index (χ4n) is 4.24. The molecule has 0 unspecified atom stereocenters. The SMILES string of the molecule is CC(C)c1ccc2cc(C(=O)N3CCC[C@H](N4CCCC4=O)C3)[nH]c2c1. The number of fused-ring (bicyclic) bond motifs is 1. The minimum Gasteiger partial charge on any atom is -0.351 e. The second-order valence-corrected chi connectivity index (χ2v) is 7.92. The van der Waals surface area contributed by atoms with Crippen molar-refractivity contribution in [1.29, 1.82) is 0 Å². The molecule has 2 aromatic rings. The maximum absolute atomic E-state index is 13.0. The molecule has 0 saturated carbocycles. The molecule has 5 nitrogen and oxygen atoms in total. The van der Waals surface area contributed by atoms with Gasteiger partial charge in [-0.3, -0.25) is 9.59 Å². The summed E-state index contributed by atoms with van der Waals surface area (Å²) in [6, 6.07) is 8.48. The van der Waals surface area contributed by atoms with E-state index in [1.54, 1.807) is 0 Å². The number of rotatable bonds is 3. The predicted octanol–water partition coefficient (Wildman–Crippen LogP) is 3.52. The summed E-state index contributed by atoms with van der Waals surface area (Å²) in [6.07, 6.45) is 3.56. The highest BCUT2D eigenvalue weighted by Crippen LogP contribution is 2.25. The molecular weight excluding hydrogens is 326 g/mol. The van der Waals surface area contributed by atoms with Gasteiger partial charge in [0, 0.05) is 43.0 Å². The summed E-state index contributed by atoms with van der Waals surface area (Å²) >= 11 is 0. The Kier molecular flexibility index (Phi) is 4.47. The van der Waals surface area contributed by atoms with Crippen molar-refractivity contribution in [2.45, 2.75) is 51.5 Å². The van der Waals surface area contributed by atoms with Crippen LogP contribution in [0.4, 0.5) is 0 Å². The molecule has 0 radical (unpaired) electrons. The molecule has 0 bridgehead atoms. The molecule has 1 aromatic heterocycles. The highest BCUT2D eigenvalue weighted by Gasteiger charge is 2.33. The van der Waals surface area contributed by atoms with Crippen molar-refractivity contribution in [1.82, 2.24) is 14.8 Å². The third-order valence-electron chi connectivity index (χ3n) is 5.78. The van der Waals surface area contributed by atoms with Gasteiger partial charge in [-0.05, 0) is 42.9 Å². The topological polar surface area (TPSA) is 56.4 Å². The third kappa shape index (κ3) is 3.11. The fourth-order valence-corrected chi connectivity index (χ4v) is 4.24. The molecule has 2 fully saturated rings. The Balaban J connectivity index is 1.53. The van der Waals surface area contributed by atoms with Gasteiger partial charge in [-0.2, -0.15) is 0 Å². The Labute approximate surface area is 154 Å². The van der Waals surface area contributed by atoms with E-state index in [1.165, 1.54) is 5.56 Å². The lowest BCUT2D eigenvalue weighted by Crippen LogP contribution is -2.50. The van der Waals surface area contributed by atoms with E-state index in [4.69, 9.17) is 0 Å². The molecule has 5 heteroatoms. The average molecular weight is 353 g/mol. The van der Waals surface area contributed by atoms with E-state index in [-0.39, 0.29) is 17.9 Å². The molecule has 2 aliphatic rings. The first-order valence-corrected chi connectivity index (χ1v) is 9.74. The van der Waals surface area contributed by atoms with Crippen LogP contribution in [0.25, 0.3) is 10.9 Å². The zero-order valence-corrected chi connectivity index (χ0v) is 15.6. The van der Waals surface area contributed by atoms with Gasteiger partial charge < -0.3 is 14.8 Å². The van der Waals surface area contributed by atoms with Crippen molar-refractivity contribution in [2.75, 3.05) is 19.6 Å². The van der Waals surface area contributed by atoms with Gasteiger partial charge in [0.2, 0.25) is 5.91 Å². The van der Waals surface area contributed by atoms with E-state index in [2.05, 4.69) is 37.0 Å². The van der Waals surface area contributed by atoms with Crippen LogP contribution in [-0.2, 0) is 4.79 Å². The van der Waals surface area contributed by atoms with E-state index < -0.39 is 0 Å². The van der Waals surface area contributed by atoms with Crippen LogP contribution in [0, 0.1) is 0 Å². The number of likely N-dealkylation sites (tertiary alicyclic amines) is 2. The molecule has 1 atom stereocenters. The number of hydrogen-bond donors (Lipinski definition) is 1. The number of piperidine rings is 1. The van der Waals surface area contributed by atoms with Gasteiger partial charge >= 0.3 is 0 Å². The molecule has 2 amide bonds. The second-order valence-electron chi connectivity index (χ2n) is 7.92. The van der Waals surface area contributed by atoms with Crippen LogP contribution < -0.4 is 0 Å². The average Bonchev–Trinajstić information content (AvgIpc) is 3.26. The number of aromatic amines is 1. The Hall–Kier alpha value is -2.30. The quantitative estimate of drug-likeness (QED) is 0.918. The van der Waals surface area contributed by atoms with Gasteiger partial charge in [-0.15, -0.1) is 0 Å². The first-order chi connectivity index (χ1) is 12.5. The highest BCUT2D eigenvalue weighted by atomic mass is 16.2. The monoisotopic (exact) mass is 353 g/mol. The predicted molar refractivity (Wildman–Crippen MR) is 102 cm³/mol. The third-order valence-corrected chi connectivity index (χ3v) is 5.78. The zero-order chi connectivity index (χ0) is 18.3. The summed E-state index contributed by atoms with van der Waals surface area (Å²) in [6.45, 7) is 6.60. The first-order valence-electron chi connectivity index (χ1n) is 9.74. The standard InChI is InChI=1S/C21H27N3O2/c1-14(2)15-7-8-16-12-19(22-18(16)11-15)21(26)23-9-3-5-17(13-23)24-10-4-6-20(24)25/h7-8,11-12,14,17,22H,3-6,9-10,13H2,1-2H3/t17-/m0/s1. The van der Waals surface area contributed by atoms with Crippen LogP contribution in [0.5, 0.6) is 0 Å². The minimum absolute atomic E-state index is 0.0450.